The van der Waals surface area contributed by atoms with Crippen molar-refractivity contribution in [1.29, 1.82) is 0 Å². The van der Waals surface area contributed by atoms with Crippen molar-refractivity contribution in [3.8, 4) is 0 Å². The molecule has 0 aliphatic heterocycles. The number of nitrogens with one attached hydrogen (secondary N) is 2. The maximum Gasteiger partial charge on any atom is 0.0541 e. The van der Waals surface area contributed by atoms with Crippen LogP contribution in [0.4, 0.5) is 0 Å². The Labute approximate surface area is 104 Å². The molecule has 3 N–H and O–H groups in total. The fraction of sp³-hybridized carbons (Fsp3) is 0.714. The average Bonchev–Trinajstić information content (AvgIpc) is 2.82. The lowest BCUT2D eigenvalue weighted by molar-refractivity contribution is 0.115. The molecule has 1 fully saturated rings. The zero-order valence-electron chi connectivity index (χ0n) is 10.9. The largest absolute Gasteiger partial charge is 0.393 e. The first-order chi connectivity index (χ1) is 8.08. The van der Waals surface area contributed by atoms with Crippen molar-refractivity contribution in [2.45, 2.75) is 57.1 Å². The molecular formula is C14H24N2O. The van der Waals surface area contributed by atoms with Gasteiger partial charge in [-0.3, -0.25) is 0 Å². The van der Waals surface area contributed by atoms with Crippen molar-refractivity contribution in [3.05, 3.63) is 24.0 Å². The molecule has 1 heterocycles. The molecule has 1 aromatic rings. The SMILES string of the molecule is CC(C)(CNC1CCC(O)CC1)c1ccc[nH]1. The van der Waals surface area contributed by atoms with Crippen molar-refractivity contribution < 1.29 is 5.11 Å². The summed E-state index contributed by atoms with van der Waals surface area (Å²) in [6.45, 7) is 5.49. The van der Waals surface area contributed by atoms with Gasteiger partial charge in [0.1, 0.15) is 0 Å². The third-order valence-electron chi connectivity index (χ3n) is 3.86. The second-order valence-electron chi connectivity index (χ2n) is 5.85. The van der Waals surface area contributed by atoms with Gasteiger partial charge in [-0.15, -0.1) is 0 Å². The molecule has 1 aliphatic carbocycles. The van der Waals surface area contributed by atoms with E-state index in [1.54, 1.807) is 0 Å². The van der Waals surface area contributed by atoms with E-state index >= 15 is 0 Å². The van der Waals surface area contributed by atoms with Gasteiger partial charge in [0.15, 0.2) is 0 Å². The van der Waals surface area contributed by atoms with Crippen LogP contribution in [0.2, 0.25) is 0 Å². The van der Waals surface area contributed by atoms with E-state index < -0.39 is 0 Å². The molecule has 0 unspecified atom stereocenters. The minimum atomic E-state index is -0.0653. The summed E-state index contributed by atoms with van der Waals surface area (Å²) in [4.78, 5) is 3.29. The molecule has 0 amide bonds. The van der Waals surface area contributed by atoms with Gasteiger partial charge in [-0.25, -0.2) is 0 Å². The minimum absolute atomic E-state index is 0.0653. The number of aromatic amines is 1. The molecule has 1 aliphatic rings. The lowest BCUT2D eigenvalue weighted by Crippen LogP contribution is -2.41. The standard InChI is InChI=1S/C14H24N2O/c1-14(2,13-4-3-9-15-13)10-16-11-5-7-12(17)8-6-11/h3-4,9,11-12,15-17H,5-8,10H2,1-2H3. The Bertz CT molecular complexity index is 324. The van der Waals surface area contributed by atoms with Crippen molar-refractivity contribution in [1.82, 2.24) is 10.3 Å². The fourth-order valence-corrected chi connectivity index (χ4v) is 2.53. The van der Waals surface area contributed by atoms with E-state index in [0.717, 1.165) is 32.2 Å². The summed E-state index contributed by atoms with van der Waals surface area (Å²) in [6, 6.07) is 4.77. The molecule has 1 saturated carbocycles. The van der Waals surface area contributed by atoms with Gasteiger partial charge in [-0.1, -0.05) is 13.8 Å². The first-order valence-corrected chi connectivity index (χ1v) is 6.63. The van der Waals surface area contributed by atoms with Crippen molar-refractivity contribution in [2.75, 3.05) is 6.54 Å². The molecular weight excluding hydrogens is 212 g/mol. The second-order valence-corrected chi connectivity index (χ2v) is 5.85. The van der Waals surface area contributed by atoms with Crippen LogP contribution in [0, 0.1) is 0 Å². The van der Waals surface area contributed by atoms with Gasteiger partial charge >= 0.3 is 0 Å². The van der Waals surface area contributed by atoms with Crippen molar-refractivity contribution in [2.24, 2.45) is 0 Å². The Morgan fingerprint density at radius 2 is 2.06 bits per heavy atom. The highest BCUT2D eigenvalue weighted by molar-refractivity contribution is 5.15. The molecule has 96 valence electrons. The number of hydrogen-bond donors (Lipinski definition) is 3. The molecule has 0 aromatic carbocycles. The van der Waals surface area contributed by atoms with Crippen LogP contribution in [-0.4, -0.2) is 28.8 Å². The van der Waals surface area contributed by atoms with Crippen molar-refractivity contribution >= 4 is 0 Å². The topological polar surface area (TPSA) is 48.0 Å². The van der Waals surface area contributed by atoms with Gasteiger partial charge in [0.05, 0.1) is 6.10 Å². The molecule has 3 nitrogen and oxygen atoms in total. The molecule has 3 heteroatoms. The predicted octanol–water partition coefficient (Wildman–Crippen LogP) is 2.19. The number of aliphatic hydroxyl groups excluding tert-OH is 1. The number of aromatic nitrogens is 1. The Morgan fingerprint density at radius 3 is 2.65 bits per heavy atom. The van der Waals surface area contributed by atoms with Crippen LogP contribution in [0.1, 0.15) is 45.2 Å². The van der Waals surface area contributed by atoms with E-state index in [1.165, 1.54) is 5.69 Å². The maximum absolute atomic E-state index is 9.47. The minimum Gasteiger partial charge on any atom is -0.393 e. The van der Waals surface area contributed by atoms with E-state index in [0.29, 0.717) is 6.04 Å². The van der Waals surface area contributed by atoms with Crippen LogP contribution >= 0.6 is 0 Å². The Morgan fingerprint density at radius 1 is 1.35 bits per heavy atom. The number of hydrogen-bond acceptors (Lipinski definition) is 2. The van der Waals surface area contributed by atoms with Gasteiger partial charge in [0, 0.05) is 29.9 Å². The Balaban J connectivity index is 1.81. The summed E-state index contributed by atoms with van der Waals surface area (Å²) in [5.41, 5.74) is 1.42. The van der Waals surface area contributed by atoms with E-state index in [1.807, 2.05) is 12.3 Å². The molecule has 0 bridgehead atoms. The highest BCUT2D eigenvalue weighted by atomic mass is 16.3. The Kier molecular flexibility index (Phi) is 3.89. The van der Waals surface area contributed by atoms with Gasteiger partial charge in [0.2, 0.25) is 0 Å². The van der Waals surface area contributed by atoms with Crippen LogP contribution in [-0.2, 0) is 5.41 Å². The molecule has 1 aromatic heterocycles. The van der Waals surface area contributed by atoms with E-state index in [4.69, 9.17) is 0 Å². The number of H-pyrrole nitrogens is 1. The lowest BCUT2D eigenvalue weighted by atomic mass is 9.87. The first-order valence-electron chi connectivity index (χ1n) is 6.63. The summed E-state index contributed by atoms with van der Waals surface area (Å²) in [6.07, 6.45) is 6.00. The molecule has 17 heavy (non-hydrogen) atoms. The summed E-state index contributed by atoms with van der Waals surface area (Å²) >= 11 is 0. The van der Waals surface area contributed by atoms with E-state index in [9.17, 15) is 5.11 Å². The maximum atomic E-state index is 9.47. The molecule has 0 atom stereocenters. The van der Waals surface area contributed by atoms with E-state index in [-0.39, 0.29) is 11.5 Å². The molecule has 2 rings (SSSR count). The van der Waals surface area contributed by atoms with Crippen molar-refractivity contribution in [3.63, 3.8) is 0 Å². The second kappa shape index (κ2) is 5.23. The van der Waals surface area contributed by atoms with Gasteiger partial charge in [-0.05, 0) is 37.8 Å². The highest BCUT2D eigenvalue weighted by Crippen LogP contribution is 2.23. The Hall–Kier alpha value is -0.800. The summed E-state index contributed by atoms with van der Waals surface area (Å²) in [5, 5.41) is 13.1. The molecule has 0 spiro atoms. The van der Waals surface area contributed by atoms with Gasteiger partial charge in [0.25, 0.3) is 0 Å². The number of aliphatic hydroxyl groups is 1. The lowest BCUT2D eigenvalue weighted by Gasteiger charge is -2.31. The normalized spacial score (nSPS) is 26.1. The van der Waals surface area contributed by atoms with Crippen LogP contribution in [0.15, 0.2) is 18.3 Å². The predicted molar refractivity (Wildman–Crippen MR) is 70.1 cm³/mol. The monoisotopic (exact) mass is 236 g/mol. The molecule has 0 saturated heterocycles. The van der Waals surface area contributed by atoms with Crippen LogP contribution in [0.3, 0.4) is 0 Å². The molecule has 0 radical (unpaired) electrons. The first kappa shape index (κ1) is 12.7. The quantitative estimate of drug-likeness (QED) is 0.750. The number of rotatable bonds is 4. The van der Waals surface area contributed by atoms with E-state index in [2.05, 4.69) is 30.2 Å². The van der Waals surface area contributed by atoms with Gasteiger partial charge in [-0.2, -0.15) is 0 Å². The third-order valence-corrected chi connectivity index (χ3v) is 3.86. The average molecular weight is 236 g/mol. The summed E-state index contributed by atoms with van der Waals surface area (Å²) < 4.78 is 0. The van der Waals surface area contributed by atoms with Crippen LogP contribution in [0.25, 0.3) is 0 Å². The summed E-state index contributed by atoms with van der Waals surface area (Å²) in [5.74, 6) is 0. The summed E-state index contributed by atoms with van der Waals surface area (Å²) in [7, 11) is 0. The zero-order chi connectivity index (χ0) is 12.3. The smallest absolute Gasteiger partial charge is 0.0541 e. The van der Waals surface area contributed by atoms with Crippen LogP contribution < -0.4 is 5.32 Å². The van der Waals surface area contributed by atoms with Crippen LogP contribution in [0.5, 0.6) is 0 Å². The zero-order valence-corrected chi connectivity index (χ0v) is 10.9. The third kappa shape index (κ3) is 3.33. The fourth-order valence-electron chi connectivity index (χ4n) is 2.53. The highest BCUT2D eigenvalue weighted by Gasteiger charge is 2.24. The van der Waals surface area contributed by atoms with Gasteiger partial charge < -0.3 is 15.4 Å².